The van der Waals surface area contributed by atoms with E-state index in [0.717, 1.165) is 26.2 Å². The summed E-state index contributed by atoms with van der Waals surface area (Å²) in [6, 6.07) is 15.1. The topological polar surface area (TPSA) is 139 Å². The van der Waals surface area contributed by atoms with Gasteiger partial charge in [0, 0.05) is 31.1 Å². The molecule has 0 radical (unpaired) electrons. The quantitative estimate of drug-likeness (QED) is 0.370. The van der Waals surface area contributed by atoms with Gasteiger partial charge in [0.2, 0.25) is 0 Å². The minimum absolute atomic E-state index is 1.02. The maximum atomic E-state index is 10.3. The van der Waals surface area contributed by atoms with Crippen LogP contribution in [-0.2, 0) is 27.5 Å². The molecule has 0 atom stereocenters. The van der Waals surface area contributed by atoms with Gasteiger partial charge in [-0.3, -0.25) is 14.5 Å². The Morgan fingerprint density at radius 2 is 1.47 bits per heavy atom. The average molecular weight is 467 g/mol. The van der Waals surface area contributed by atoms with Crippen molar-refractivity contribution in [3.05, 3.63) is 58.3 Å². The monoisotopic (exact) mass is 466 g/mol. The van der Waals surface area contributed by atoms with Crippen LogP contribution in [0.4, 0.5) is 0 Å². The number of hydrogen-bond donors (Lipinski definition) is 4. The molecular weight excluding hydrogens is 436 g/mol. The molecule has 2 rings (SSSR count). The van der Waals surface area contributed by atoms with E-state index in [1.165, 1.54) is 10.4 Å². The van der Waals surface area contributed by atoms with Crippen molar-refractivity contribution in [1.29, 1.82) is 0 Å². The largest absolute Gasteiger partial charge is 0.481 e. The molecule has 1 aromatic heterocycles. The predicted octanol–water partition coefficient (Wildman–Crippen LogP) is 2.06. The molecule has 10 heteroatoms. The van der Waals surface area contributed by atoms with E-state index < -0.39 is 36.4 Å². The molecular formula is C22H30N2O7S. The average Bonchev–Trinajstić information content (AvgIpc) is 3.19. The van der Waals surface area contributed by atoms with Crippen molar-refractivity contribution in [2.45, 2.75) is 31.5 Å². The highest BCUT2D eigenvalue weighted by molar-refractivity contribution is 7.09. The smallest absolute Gasteiger partial charge is 0.336 e. The molecule has 9 nitrogen and oxygen atoms in total. The lowest BCUT2D eigenvalue weighted by Gasteiger charge is -2.23. The second kappa shape index (κ2) is 13.6. The Labute approximate surface area is 191 Å². The number of likely N-dealkylation sites (N-methyl/N-ethyl adjacent to an activating group) is 1. The number of thiophene rings is 1. The molecule has 0 bridgehead atoms. The first-order chi connectivity index (χ1) is 15.0. The number of carbonyl (C=O) groups is 3. The van der Waals surface area contributed by atoms with Gasteiger partial charge in [-0.2, -0.15) is 0 Å². The van der Waals surface area contributed by atoms with Crippen molar-refractivity contribution in [1.82, 2.24) is 9.80 Å². The van der Waals surface area contributed by atoms with Crippen molar-refractivity contribution in [2.75, 3.05) is 27.2 Å². The highest BCUT2D eigenvalue weighted by Crippen LogP contribution is 2.16. The summed E-state index contributed by atoms with van der Waals surface area (Å²) in [5, 5.41) is 36.0. The molecule has 0 aliphatic heterocycles. The maximum absolute atomic E-state index is 10.3. The van der Waals surface area contributed by atoms with Gasteiger partial charge >= 0.3 is 17.9 Å². The summed E-state index contributed by atoms with van der Waals surface area (Å²) in [7, 11) is 4.26. The molecule has 0 aliphatic rings. The van der Waals surface area contributed by atoms with Crippen LogP contribution >= 0.6 is 11.3 Å². The molecule has 4 N–H and O–H groups in total. The van der Waals surface area contributed by atoms with Gasteiger partial charge in [-0.05, 0) is 31.1 Å². The Morgan fingerprint density at radius 1 is 0.875 bits per heavy atom. The Hall–Kier alpha value is -2.79. The van der Waals surface area contributed by atoms with Gasteiger partial charge < -0.3 is 25.3 Å². The molecule has 0 unspecified atom stereocenters. The molecule has 0 saturated carbocycles. The van der Waals surface area contributed by atoms with Crippen molar-refractivity contribution in [2.24, 2.45) is 0 Å². The zero-order valence-electron chi connectivity index (χ0n) is 18.2. The van der Waals surface area contributed by atoms with E-state index in [2.05, 4.69) is 71.7 Å². The highest BCUT2D eigenvalue weighted by Gasteiger charge is 2.40. The first kappa shape index (κ1) is 27.2. The summed E-state index contributed by atoms with van der Waals surface area (Å²) in [5.41, 5.74) is -1.35. The molecule has 0 fully saturated rings. The van der Waals surface area contributed by atoms with Gasteiger partial charge in [0.25, 0.3) is 0 Å². The molecule has 0 aliphatic carbocycles. The number of aliphatic hydroxyl groups is 1. The number of benzene rings is 1. The fourth-order valence-electron chi connectivity index (χ4n) is 2.73. The lowest BCUT2D eigenvalue weighted by atomic mass is 9.96. The van der Waals surface area contributed by atoms with Crippen LogP contribution in [0.15, 0.2) is 47.8 Å². The van der Waals surface area contributed by atoms with Crippen molar-refractivity contribution < 1.29 is 34.8 Å². The van der Waals surface area contributed by atoms with Crippen LogP contribution in [0.1, 0.15) is 23.3 Å². The first-order valence-electron chi connectivity index (χ1n) is 9.84. The summed E-state index contributed by atoms with van der Waals surface area (Å²) >= 11 is 1.84. The molecule has 0 saturated heterocycles. The van der Waals surface area contributed by atoms with Crippen molar-refractivity contribution in [3.63, 3.8) is 0 Å². The van der Waals surface area contributed by atoms with Crippen LogP contribution in [0.25, 0.3) is 0 Å². The summed E-state index contributed by atoms with van der Waals surface area (Å²) in [6.45, 7) is 4.25. The van der Waals surface area contributed by atoms with Gasteiger partial charge in [-0.1, -0.05) is 36.4 Å². The van der Waals surface area contributed by atoms with Crippen LogP contribution in [0.2, 0.25) is 0 Å². The number of rotatable bonds is 12. The van der Waals surface area contributed by atoms with Crippen LogP contribution in [0, 0.1) is 0 Å². The standard InChI is InChI=1S/C16H22N2S.C6H8O7/c1-17(2)10-11-18(14-16-9-6-12-19-16)13-15-7-4-3-5-8-15;7-3(8)1-6(13,5(11)12)2-4(9)10/h3-9,12H,10-11,13-14H2,1-2H3;13H,1-2H2,(H,7,8)(H,9,10)(H,11,12). The number of nitrogens with zero attached hydrogens (tertiary/aromatic N) is 2. The summed E-state index contributed by atoms with van der Waals surface area (Å²) in [4.78, 5) is 36.7. The van der Waals surface area contributed by atoms with E-state index >= 15 is 0 Å². The van der Waals surface area contributed by atoms with Gasteiger partial charge in [-0.15, -0.1) is 11.3 Å². The van der Waals surface area contributed by atoms with E-state index in [-0.39, 0.29) is 0 Å². The van der Waals surface area contributed by atoms with Gasteiger partial charge in [-0.25, -0.2) is 4.79 Å². The summed E-state index contributed by atoms with van der Waals surface area (Å²) in [5.74, 6) is -5.02. The van der Waals surface area contributed by atoms with Gasteiger partial charge in [0.05, 0.1) is 12.8 Å². The van der Waals surface area contributed by atoms with Gasteiger partial charge in [0.15, 0.2) is 5.60 Å². The Balaban J connectivity index is 0.000000347. The Kier molecular flexibility index (Phi) is 11.6. The van der Waals surface area contributed by atoms with Crippen LogP contribution in [0.3, 0.4) is 0 Å². The molecule has 1 heterocycles. The van der Waals surface area contributed by atoms with Crippen LogP contribution in [0.5, 0.6) is 0 Å². The molecule has 176 valence electrons. The van der Waals surface area contributed by atoms with Crippen LogP contribution in [-0.4, -0.2) is 80.9 Å². The van der Waals surface area contributed by atoms with Crippen molar-refractivity contribution >= 4 is 29.2 Å². The molecule has 0 spiro atoms. The van der Waals surface area contributed by atoms with E-state index in [0.29, 0.717) is 0 Å². The fourth-order valence-corrected chi connectivity index (χ4v) is 3.48. The van der Waals surface area contributed by atoms with E-state index in [1.807, 2.05) is 11.3 Å². The Morgan fingerprint density at radius 3 is 1.91 bits per heavy atom. The zero-order chi connectivity index (χ0) is 24.1. The summed E-state index contributed by atoms with van der Waals surface area (Å²) < 4.78 is 0. The summed E-state index contributed by atoms with van der Waals surface area (Å²) in [6.07, 6.45) is -2.29. The minimum Gasteiger partial charge on any atom is -0.481 e. The second-order valence-corrected chi connectivity index (χ2v) is 8.59. The lowest BCUT2D eigenvalue weighted by Crippen LogP contribution is -2.42. The molecule has 32 heavy (non-hydrogen) atoms. The second-order valence-electron chi connectivity index (χ2n) is 7.56. The number of carboxylic acids is 3. The lowest BCUT2D eigenvalue weighted by molar-refractivity contribution is -0.170. The third-order valence-electron chi connectivity index (χ3n) is 4.36. The van der Waals surface area contributed by atoms with E-state index in [4.69, 9.17) is 20.4 Å². The SMILES string of the molecule is CN(C)CCN(Cc1ccccc1)Cc1cccs1.O=C(O)CC(O)(CC(=O)O)C(=O)O. The number of carboxylic acid groups (broad SMARTS) is 3. The third kappa shape index (κ3) is 11.0. The molecule has 2 aromatic rings. The van der Waals surface area contributed by atoms with Crippen molar-refractivity contribution in [3.8, 4) is 0 Å². The van der Waals surface area contributed by atoms with E-state index in [9.17, 15) is 14.4 Å². The highest BCUT2D eigenvalue weighted by atomic mass is 32.1. The first-order valence-corrected chi connectivity index (χ1v) is 10.7. The Bertz CT molecular complexity index is 825. The fraction of sp³-hybridized carbons (Fsp3) is 0.409. The van der Waals surface area contributed by atoms with Gasteiger partial charge in [0.1, 0.15) is 0 Å². The molecule has 1 aromatic carbocycles. The number of hydrogen-bond acceptors (Lipinski definition) is 7. The zero-order valence-corrected chi connectivity index (χ0v) is 19.0. The maximum Gasteiger partial charge on any atom is 0.336 e. The van der Waals surface area contributed by atoms with Crippen LogP contribution < -0.4 is 0 Å². The van der Waals surface area contributed by atoms with E-state index in [1.54, 1.807) is 0 Å². The third-order valence-corrected chi connectivity index (χ3v) is 5.22. The normalized spacial score (nSPS) is 11.2. The number of aliphatic carboxylic acids is 3. The predicted molar refractivity (Wildman–Crippen MR) is 121 cm³/mol. The molecule has 0 amide bonds. The minimum atomic E-state index is -2.74.